The van der Waals surface area contributed by atoms with E-state index in [2.05, 4.69) is 22.4 Å². The average molecular weight is 374 g/mol. The SMILES string of the molecule is CCSc1nnc(SCC(=O)N[C@H](C)c2ccc(Cl)cc2)s1. The Morgan fingerprint density at radius 3 is 2.55 bits per heavy atom. The highest BCUT2D eigenvalue weighted by Crippen LogP contribution is 2.28. The minimum absolute atomic E-state index is 0.0210. The number of rotatable bonds is 7. The maximum absolute atomic E-state index is 12.0. The molecule has 4 nitrogen and oxygen atoms in total. The quantitative estimate of drug-likeness (QED) is 0.734. The lowest BCUT2D eigenvalue weighted by Gasteiger charge is -2.13. The Kier molecular flexibility index (Phi) is 7.01. The third-order valence-electron chi connectivity index (χ3n) is 2.73. The molecule has 0 radical (unpaired) electrons. The second-order valence-corrected chi connectivity index (χ2v) is 8.54. The minimum atomic E-state index is -0.0500. The van der Waals surface area contributed by atoms with Crippen molar-refractivity contribution in [2.75, 3.05) is 11.5 Å². The first-order chi connectivity index (χ1) is 10.6. The van der Waals surface area contributed by atoms with Crippen molar-refractivity contribution < 1.29 is 4.79 Å². The van der Waals surface area contributed by atoms with Crippen LogP contribution in [0.5, 0.6) is 0 Å². The lowest BCUT2D eigenvalue weighted by Crippen LogP contribution is -2.28. The summed E-state index contributed by atoms with van der Waals surface area (Å²) in [5.41, 5.74) is 1.03. The molecule has 0 aliphatic heterocycles. The zero-order valence-corrected chi connectivity index (χ0v) is 15.4. The summed E-state index contributed by atoms with van der Waals surface area (Å²) in [5.74, 6) is 1.29. The van der Waals surface area contributed by atoms with Crippen LogP contribution in [-0.2, 0) is 4.79 Å². The molecule has 2 aromatic rings. The van der Waals surface area contributed by atoms with Gasteiger partial charge in [-0.1, -0.05) is 65.5 Å². The van der Waals surface area contributed by atoms with Crippen molar-refractivity contribution in [1.82, 2.24) is 15.5 Å². The monoisotopic (exact) mass is 373 g/mol. The van der Waals surface area contributed by atoms with Gasteiger partial charge in [-0.25, -0.2) is 0 Å². The van der Waals surface area contributed by atoms with Gasteiger partial charge in [-0.2, -0.15) is 0 Å². The second kappa shape index (κ2) is 8.76. The van der Waals surface area contributed by atoms with E-state index in [1.807, 2.05) is 31.2 Å². The Hall–Kier alpha value is -0.760. The standard InChI is InChI=1S/C14H16ClN3OS3/c1-3-20-13-17-18-14(22-13)21-8-12(19)16-9(2)10-4-6-11(15)7-5-10/h4-7,9H,3,8H2,1-2H3,(H,16,19)/t9-/m1/s1. The van der Waals surface area contributed by atoms with E-state index in [0.717, 1.165) is 20.0 Å². The van der Waals surface area contributed by atoms with E-state index < -0.39 is 0 Å². The van der Waals surface area contributed by atoms with Crippen molar-refractivity contribution in [3.05, 3.63) is 34.9 Å². The molecule has 0 spiro atoms. The number of benzene rings is 1. The molecular weight excluding hydrogens is 358 g/mol. The molecule has 1 N–H and O–H groups in total. The van der Waals surface area contributed by atoms with Gasteiger partial charge in [0.15, 0.2) is 8.68 Å². The Bertz CT molecular complexity index is 618. The number of hydrogen-bond acceptors (Lipinski definition) is 6. The highest BCUT2D eigenvalue weighted by Gasteiger charge is 2.12. The van der Waals surface area contributed by atoms with E-state index in [0.29, 0.717) is 10.8 Å². The van der Waals surface area contributed by atoms with Gasteiger partial charge in [0, 0.05) is 5.02 Å². The zero-order valence-electron chi connectivity index (χ0n) is 12.2. The van der Waals surface area contributed by atoms with Crippen molar-refractivity contribution in [3.8, 4) is 0 Å². The van der Waals surface area contributed by atoms with Crippen LogP contribution < -0.4 is 5.32 Å². The number of carbonyl (C=O) groups is 1. The first-order valence-corrected chi connectivity index (χ1v) is 9.89. The molecule has 0 fully saturated rings. The lowest BCUT2D eigenvalue weighted by atomic mass is 10.1. The molecule has 0 unspecified atom stereocenters. The van der Waals surface area contributed by atoms with Gasteiger partial charge in [-0.05, 0) is 30.4 Å². The molecule has 8 heteroatoms. The predicted molar refractivity (Wildman–Crippen MR) is 95.0 cm³/mol. The van der Waals surface area contributed by atoms with Crippen molar-refractivity contribution in [1.29, 1.82) is 0 Å². The fraction of sp³-hybridized carbons (Fsp3) is 0.357. The number of halogens is 1. The molecule has 22 heavy (non-hydrogen) atoms. The van der Waals surface area contributed by atoms with Crippen molar-refractivity contribution in [2.45, 2.75) is 28.6 Å². The topological polar surface area (TPSA) is 54.9 Å². The van der Waals surface area contributed by atoms with Crippen LogP contribution in [0.25, 0.3) is 0 Å². The van der Waals surface area contributed by atoms with Gasteiger partial charge < -0.3 is 5.32 Å². The number of hydrogen-bond donors (Lipinski definition) is 1. The largest absolute Gasteiger partial charge is 0.349 e. The Morgan fingerprint density at radius 1 is 1.27 bits per heavy atom. The van der Waals surface area contributed by atoms with Gasteiger partial charge in [-0.3, -0.25) is 4.79 Å². The Labute approximate surface area is 147 Å². The summed E-state index contributed by atoms with van der Waals surface area (Å²) in [6.07, 6.45) is 0. The van der Waals surface area contributed by atoms with E-state index in [1.165, 1.54) is 23.1 Å². The van der Waals surface area contributed by atoms with E-state index >= 15 is 0 Å². The summed E-state index contributed by atoms with van der Waals surface area (Å²) in [5, 5.41) is 11.8. The average Bonchev–Trinajstić information content (AvgIpc) is 2.94. The second-order valence-electron chi connectivity index (χ2n) is 4.40. The van der Waals surface area contributed by atoms with Gasteiger partial charge in [0.1, 0.15) is 0 Å². The van der Waals surface area contributed by atoms with Gasteiger partial charge >= 0.3 is 0 Å². The van der Waals surface area contributed by atoms with Crippen molar-refractivity contribution in [3.63, 3.8) is 0 Å². The number of nitrogens with zero attached hydrogens (tertiary/aromatic N) is 2. The highest BCUT2D eigenvalue weighted by atomic mass is 35.5. The van der Waals surface area contributed by atoms with E-state index in [-0.39, 0.29) is 11.9 Å². The summed E-state index contributed by atoms with van der Waals surface area (Å²) in [7, 11) is 0. The summed E-state index contributed by atoms with van der Waals surface area (Å²) < 4.78 is 1.77. The van der Waals surface area contributed by atoms with Gasteiger partial charge in [0.2, 0.25) is 5.91 Å². The van der Waals surface area contributed by atoms with Crippen LogP contribution in [0.15, 0.2) is 32.9 Å². The molecule has 0 bridgehead atoms. The maximum atomic E-state index is 12.0. The zero-order chi connectivity index (χ0) is 15.9. The third kappa shape index (κ3) is 5.46. The normalized spacial score (nSPS) is 12.1. The summed E-state index contributed by atoms with van der Waals surface area (Å²) in [6.45, 7) is 4.03. The van der Waals surface area contributed by atoms with Crippen LogP contribution in [0.3, 0.4) is 0 Å². The summed E-state index contributed by atoms with van der Waals surface area (Å²) in [6, 6.07) is 7.43. The fourth-order valence-electron chi connectivity index (χ4n) is 1.68. The first-order valence-electron chi connectivity index (χ1n) is 6.72. The lowest BCUT2D eigenvalue weighted by molar-refractivity contribution is -0.119. The molecule has 0 aliphatic rings. The molecule has 2 rings (SSSR count). The van der Waals surface area contributed by atoms with Crippen LogP contribution >= 0.6 is 46.5 Å². The molecule has 0 saturated carbocycles. The fourth-order valence-corrected chi connectivity index (χ4v) is 4.54. The number of carbonyl (C=O) groups excluding carboxylic acids is 1. The molecule has 118 valence electrons. The molecule has 1 heterocycles. The summed E-state index contributed by atoms with van der Waals surface area (Å²) in [4.78, 5) is 12.0. The molecular formula is C14H16ClN3OS3. The summed E-state index contributed by atoms with van der Waals surface area (Å²) >= 11 is 10.5. The van der Waals surface area contributed by atoms with Crippen LogP contribution in [0.2, 0.25) is 5.02 Å². The van der Waals surface area contributed by atoms with Crippen molar-refractivity contribution >= 4 is 52.4 Å². The van der Waals surface area contributed by atoms with Gasteiger partial charge in [0.25, 0.3) is 0 Å². The molecule has 1 amide bonds. The van der Waals surface area contributed by atoms with Crippen LogP contribution in [0, 0.1) is 0 Å². The van der Waals surface area contributed by atoms with Crippen molar-refractivity contribution in [2.24, 2.45) is 0 Å². The molecule has 1 atom stereocenters. The number of aromatic nitrogens is 2. The smallest absolute Gasteiger partial charge is 0.230 e. The molecule has 1 aromatic heterocycles. The van der Waals surface area contributed by atoms with E-state index in [9.17, 15) is 4.79 Å². The molecule has 0 aliphatic carbocycles. The highest BCUT2D eigenvalue weighted by molar-refractivity contribution is 8.03. The minimum Gasteiger partial charge on any atom is -0.349 e. The van der Waals surface area contributed by atoms with Crippen LogP contribution in [-0.4, -0.2) is 27.6 Å². The van der Waals surface area contributed by atoms with E-state index in [4.69, 9.17) is 11.6 Å². The number of thioether (sulfide) groups is 2. The Balaban J connectivity index is 1.80. The van der Waals surface area contributed by atoms with E-state index in [1.54, 1.807) is 11.8 Å². The molecule has 1 aromatic carbocycles. The Morgan fingerprint density at radius 2 is 1.91 bits per heavy atom. The van der Waals surface area contributed by atoms with Crippen LogP contribution in [0.4, 0.5) is 0 Å². The van der Waals surface area contributed by atoms with Gasteiger partial charge in [0.05, 0.1) is 11.8 Å². The predicted octanol–water partition coefficient (Wildman–Crippen LogP) is 4.27. The first kappa shape index (κ1) is 17.6. The maximum Gasteiger partial charge on any atom is 0.230 e. The third-order valence-corrected chi connectivity index (χ3v) is 6.05. The molecule has 0 saturated heterocycles. The van der Waals surface area contributed by atoms with Gasteiger partial charge in [-0.15, -0.1) is 10.2 Å². The number of nitrogens with one attached hydrogen (secondary N) is 1. The van der Waals surface area contributed by atoms with Crippen LogP contribution in [0.1, 0.15) is 25.5 Å². The number of amides is 1.